The van der Waals surface area contributed by atoms with Crippen LogP contribution in [0.15, 0.2) is 42.5 Å². The normalized spacial score (nSPS) is 10.5. The molecule has 0 aromatic heterocycles. The van der Waals surface area contributed by atoms with Gasteiger partial charge in [-0.3, -0.25) is 4.79 Å². The lowest BCUT2D eigenvalue weighted by Crippen LogP contribution is -2.20. The van der Waals surface area contributed by atoms with Gasteiger partial charge in [-0.15, -0.1) is 0 Å². The molecule has 22 heavy (non-hydrogen) atoms. The Morgan fingerprint density at radius 1 is 1.09 bits per heavy atom. The van der Waals surface area contributed by atoms with E-state index >= 15 is 0 Å². The maximum atomic E-state index is 13.4. The van der Waals surface area contributed by atoms with Gasteiger partial charge in [0.05, 0.1) is 0 Å². The van der Waals surface area contributed by atoms with Crippen LogP contribution in [0.3, 0.4) is 0 Å². The van der Waals surface area contributed by atoms with E-state index in [0.29, 0.717) is 12.3 Å². The van der Waals surface area contributed by atoms with Crippen molar-refractivity contribution < 1.29 is 18.3 Å². The van der Waals surface area contributed by atoms with Crippen LogP contribution >= 0.6 is 0 Å². The van der Waals surface area contributed by atoms with Crippen LogP contribution in [0.1, 0.15) is 11.1 Å². The lowest BCUT2D eigenvalue weighted by molar-refractivity contribution is -0.119. The van der Waals surface area contributed by atoms with E-state index in [1.54, 1.807) is 12.1 Å². The second-order valence-electron chi connectivity index (χ2n) is 4.74. The van der Waals surface area contributed by atoms with Crippen molar-refractivity contribution in [3.63, 3.8) is 0 Å². The molecule has 6 heteroatoms. The van der Waals surface area contributed by atoms with Crippen molar-refractivity contribution >= 4 is 5.91 Å². The summed E-state index contributed by atoms with van der Waals surface area (Å²) in [6, 6.07) is 10.4. The van der Waals surface area contributed by atoms with Gasteiger partial charge in [0.25, 0.3) is 5.91 Å². The third-order valence-electron chi connectivity index (χ3n) is 2.96. The van der Waals surface area contributed by atoms with Crippen molar-refractivity contribution in [3.05, 3.63) is 65.2 Å². The number of nitrogens with two attached hydrogens (primary N) is 1. The maximum absolute atomic E-state index is 13.4. The first kappa shape index (κ1) is 15.9. The zero-order valence-electron chi connectivity index (χ0n) is 11.8. The lowest BCUT2D eigenvalue weighted by atomic mass is 10.2. The fraction of sp³-hybridized carbons (Fsp3) is 0.188. The van der Waals surface area contributed by atoms with Gasteiger partial charge in [-0.2, -0.15) is 0 Å². The number of rotatable bonds is 7. The summed E-state index contributed by atoms with van der Waals surface area (Å²) in [5, 5.41) is 3.03. The molecule has 0 saturated carbocycles. The van der Waals surface area contributed by atoms with E-state index in [1.807, 2.05) is 12.1 Å². The molecule has 0 aliphatic carbocycles. The molecular weight excluding hydrogens is 290 g/mol. The topological polar surface area (TPSA) is 64.4 Å². The van der Waals surface area contributed by atoms with Gasteiger partial charge in [-0.1, -0.05) is 12.1 Å². The summed E-state index contributed by atoms with van der Waals surface area (Å²) in [5.74, 6) is -0.903. The molecule has 0 radical (unpaired) electrons. The highest BCUT2D eigenvalue weighted by atomic mass is 19.1. The van der Waals surface area contributed by atoms with Crippen molar-refractivity contribution in [3.8, 4) is 5.75 Å². The second-order valence-corrected chi connectivity index (χ2v) is 4.74. The Bertz CT molecular complexity index is 645. The number of primary amides is 1. The first-order valence-corrected chi connectivity index (χ1v) is 6.69. The number of amides is 1. The van der Waals surface area contributed by atoms with Gasteiger partial charge in [0.15, 0.2) is 6.61 Å². The van der Waals surface area contributed by atoms with Crippen LogP contribution in [0.25, 0.3) is 0 Å². The number of carbonyl (C=O) groups excluding carboxylic acids is 1. The molecule has 3 N–H and O–H groups in total. The van der Waals surface area contributed by atoms with Crippen LogP contribution in [0.2, 0.25) is 0 Å². The summed E-state index contributed by atoms with van der Waals surface area (Å²) in [6.45, 7) is 0.548. The molecular formula is C16H16F2N2O2. The van der Waals surface area contributed by atoms with Crippen molar-refractivity contribution in [2.45, 2.75) is 13.1 Å². The molecule has 4 nitrogen and oxygen atoms in total. The highest BCUT2D eigenvalue weighted by molar-refractivity contribution is 5.75. The van der Waals surface area contributed by atoms with Crippen LogP contribution in [0.4, 0.5) is 8.78 Å². The Labute approximate surface area is 126 Å². The first-order chi connectivity index (χ1) is 10.5. The third kappa shape index (κ3) is 4.82. The van der Waals surface area contributed by atoms with Crippen molar-refractivity contribution in [1.29, 1.82) is 0 Å². The summed E-state index contributed by atoms with van der Waals surface area (Å²) < 4.78 is 31.6. The van der Waals surface area contributed by atoms with E-state index in [1.165, 1.54) is 6.07 Å². The molecule has 2 aromatic rings. The van der Waals surface area contributed by atoms with Crippen molar-refractivity contribution in [2.75, 3.05) is 6.61 Å². The molecule has 0 bridgehead atoms. The Balaban J connectivity index is 1.84. The largest absolute Gasteiger partial charge is 0.484 e. The summed E-state index contributed by atoms with van der Waals surface area (Å²) in [6.07, 6.45) is 0. The molecule has 116 valence electrons. The summed E-state index contributed by atoms with van der Waals surface area (Å²) >= 11 is 0. The average molecular weight is 306 g/mol. The van der Waals surface area contributed by atoms with E-state index in [2.05, 4.69) is 5.32 Å². The Morgan fingerprint density at radius 3 is 2.50 bits per heavy atom. The fourth-order valence-corrected chi connectivity index (χ4v) is 1.88. The predicted octanol–water partition coefficient (Wildman–Crippen LogP) is 2.12. The van der Waals surface area contributed by atoms with Gasteiger partial charge in [-0.25, -0.2) is 8.78 Å². The number of halogens is 2. The van der Waals surface area contributed by atoms with Crippen molar-refractivity contribution in [2.24, 2.45) is 5.73 Å². The van der Waals surface area contributed by atoms with Gasteiger partial charge in [0.2, 0.25) is 0 Å². The smallest absolute Gasteiger partial charge is 0.255 e. The number of benzene rings is 2. The molecule has 1 amide bonds. The Morgan fingerprint density at radius 2 is 1.82 bits per heavy atom. The Kier molecular flexibility index (Phi) is 5.43. The van der Waals surface area contributed by atoms with E-state index in [0.717, 1.165) is 17.7 Å². The summed E-state index contributed by atoms with van der Waals surface area (Å²) in [5.41, 5.74) is 6.21. The molecule has 2 aromatic carbocycles. The van der Waals surface area contributed by atoms with E-state index < -0.39 is 17.5 Å². The molecule has 0 atom stereocenters. The number of carbonyl (C=O) groups is 1. The second kappa shape index (κ2) is 7.51. The third-order valence-corrected chi connectivity index (χ3v) is 2.96. The fourth-order valence-electron chi connectivity index (χ4n) is 1.88. The van der Waals surface area contributed by atoms with Gasteiger partial charge >= 0.3 is 0 Å². The molecule has 0 heterocycles. The van der Waals surface area contributed by atoms with Crippen LogP contribution in [0, 0.1) is 11.6 Å². The molecule has 0 fully saturated rings. The minimum Gasteiger partial charge on any atom is -0.484 e. The van der Waals surface area contributed by atoms with Crippen LogP contribution in [-0.2, 0) is 17.9 Å². The first-order valence-electron chi connectivity index (χ1n) is 6.69. The van der Waals surface area contributed by atoms with Gasteiger partial charge in [0, 0.05) is 18.7 Å². The van der Waals surface area contributed by atoms with Crippen LogP contribution in [0.5, 0.6) is 5.75 Å². The zero-order chi connectivity index (χ0) is 15.9. The zero-order valence-corrected chi connectivity index (χ0v) is 11.8. The maximum Gasteiger partial charge on any atom is 0.255 e. The minimum absolute atomic E-state index is 0.170. The molecule has 0 spiro atoms. The van der Waals surface area contributed by atoms with Crippen LogP contribution < -0.4 is 15.8 Å². The van der Waals surface area contributed by atoms with Gasteiger partial charge in [0.1, 0.15) is 17.4 Å². The quantitative estimate of drug-likeness (QED) is 0.823. The van der Waals surface area contributed by atoms with Crippen molar-refractivity contribution in [1.82, 2.24) is 5.32 Å². The SMILES string of the molecule is NC(=O)COc1ccc(CNCc2cc(F)ccc2F)cc1. The van der Waals surface area contributed by atoms with E-state index in [-0.39, 0.29) is 18.7 Å². The van der Waals surface area contributed by atoms with Crippen LogP contribution in [-0.4, -0.2) is 12.5 Å². The van der Waals surface area contributed by atoms with E-state index in [9.17, 15) is 13.6 Å². The van der Waals surface area contributed by atoms with E-state index in [4.69, 9.17) is 10.5 Å². The molecule has 0 aliphatic heterocycles. The lowest BCUT2D eigenvalue weighted by Gasteiger charge is -2.08. The van der Waals surface area contributed by atoms with Gasteiger partial charge in [-0.05, 0) is 35.9 Å². The number of hydrogen-bond donors (Lipinski definition) is 2. The summed E-state index contributed by atoms with van der Waals surface area (Å²) in [4.78, 5) is 10.6. The Hall–Kier alpha value is -2.47. The number of nitrogens with one attached hydrogen (secondary N) is 1. The van der Waals surface area contributed by atoms with Gasteiger partial charge < -0.3 is 15.8 Å². The predicted molar refractivity (Wildman–Crippen MR) is 78.0 cm³/mol. The molecule has 0 unspecified atom stereocenters. The minimum atomic E-state index is -0.539. The monoisotopic (exact) mass is 306 g/mol. The number of hydrogen-bond acceptors (Lipinski definition) is 3. The number of ether oxygens (including phenoxy) is 1. The average Bonchev–Trinajstić information content (AvgIpc) is 2.50. The molecule has 0 aliphatic rings. The molecule has 2 rings (SSSR count). The molecule has 0 saturated heterocycles. The highest BCUT2D eigenvalue weighted by Crippen LogP contribution is 2.13. The highest BCUT2D eigenvalue weighted by Gasteiger charge is 2.04. The summed E-state index contributed by atoms with van der Waals surface area (Å²) in [7, 11) is 0. The standard InChI is InChI=1S/C16H16F2N2O2/c17-13-3-6-15(18)12(7-13)9-20-8-11-1-4-14(5-2-11)22-10-16(19)21/h1-7,20H,8-10H2,(H2,19,21).